The van der Waals surface area contributed by atoms with Gasteiger partial charge in [-0.15, -0.1) is 0 Å². The number of ether oxygens (including phenoxy) is 2. The summed E-state index contributed by atoms with van der Waals surface area (Å²) < 4.78 is 10.7. The Morgan fingerprint density at radius 1 is 1.29 bits per heavy atom. The quantitative estimate of drug-likeness (QED) is 0.850. The van der Waals surface area contributed by atoms with Crippen molar-refractivity contribution in [2.75, 3.05) is 13.2 Å². The van der Waals surface area contributed by atoms with Crippen LogP contribution in [0, 0.1) is 0 Å². The van der Waals surface area contributed by atoms with E-state index >= 15 is 0 Å². The molecule has 1 aromatic rings. The lowest BCUT2D eigenvalue weighted by molar-refractivity contribution is 0.144. The van der Waals surface area contributed by atoms with Crippen molar-refractivity contribution in [1.29, 1.82) is 0 Å². The van der Waals surface area contributed by atoms with Gasteiger partial charge >= 0.3 is 0 Å². The molecule has 0 saturated heterocycles. The lowest BCUT2D eigenvalue weighted by Gasteiger charge is -2.18. The maximum atomic E-state index is 9.92. The predicted molar refractivity (Wildman–Crippen MR) is 65.8 cm³/mol. The normalized spacial score (nSPS) is 16.9. The molecule has 1 aromatic carbocycles. The topological polar surface area (TPSA) is 38.7 Å². The zero-order valence-corrected chi connectivity index (χ0v) is 9.84. The summed E-state index contributed by atoms with van der Waals surface area (Å²) >= 11 is 0. The Bertz CT molecular complexity index is 359. The minimum absolute atomic E-state index is 0.445. The van der Waals surface area contributed by atoms with Crippen LogP contribution in [-0.2, 0) is 4.74 Å². The van der Waals surface area contributed by atoms with Crippen LogP contribution in [0.2, 0.25) is 0 Å². The van der Waals surface area contributed by atoms with Gasteiger partial charge in [0.1, 0.15) is 5.75 Å². The summed E-state index contributed by atoms with van der Waals surface area (Å²) in [6.07, 6.45) is 3.76. The molecule has 2 rings (SSSR count). The first-order valence-corrected chi connectivity index (χ1v) is 6.03. The molecule has 0 aromatic heterocycles. The van der Waals surface area contributed by atoms with Crippen molar-refractivity contribution in [3.63, 3.8) is 0 Å². The summed E-state index contributed by atoms with van der Waals surface area (Å²) in [5.41, 5.74) is 0.980. The first kappa shape index (κ1) is 12.0. The molecule has 0 radical (unpaired) electrons. The second-order valence-electron chi connectivity index (χ2n) is 4.13. The average molecular weight is 234 g/mol. The van der Waals surface area contributed by atoms with Crippen molar-refractivity contribution in [2.24, 2.45) is 0 Å². The highest BCUT2D eigenvalue weighted by Gasteiger charge is 2.14. The Labute approximate surface area is 102 Å². The van der Waals surface area contributed by atoms with Crippen molar-refractivity contribution in [3.05, 3.63) is 42.2 Å². The number of aliphatic hydroxyl groups is 1. The van der Waals surface area contributed by atoms with Crippen LogP contribution in [0.25, 0.3) is 0 Å². The smallest absolute Gasteiger partial charge is 0.119 e. The van der Waals surface area contributed by atoms with Gasteiger partial charge in [0.15, 0.2) is 0 Å². The van der Waals surface area contributed by atoms with E-state index in [1.165, 1.54) is 0 Å². The monoisotopic (exact) mass is 234 g/mol. The summed E-state index contributed by atoms with van der Waals surface area (Å²) in [6.45, 7) is 1.28. The van der Waals surface area contributed by atoms with Crippen molar-refractivity contribution < 1.29 is 14.6 Å². The molecule has 92 valence electrons. The van der Waals surface area contributed by atoms with Gasteiger partial charge in [0.25, 0.3) is 0 Å². The van der Waals surface area contributed by atoms with E-state index in [1.807, 2.05) is 30.3 Å². The van der Waals surface area contributed by atoms with Gasteiger partial charge in [-0.1, -0.05) is 18.2 Å². The van der Waals surface area contributed by atoms with Crippen LogP contribution in [0.4, 0.5) is 0 Å². The summed E-state index contributed by atoms with van der Waals surface area (Å²) in [7, 11) is 0. The molecule has 1 unspecified atom stereocenters. The van der Waals surface area contributed by atoms with Crippen LogP contribution in [0.3, 0.4) is 0 Å². The van der Waals surface area contributed by atoms with Crippen LogP contribution in [0.15, 0.2) is 42.2 Å². The van der Waals surface area contributed by atoms with E-state index < -0.39 is 6.10 Å². The van der Waals surface area contributed by atoms with Crippen molar-refractivity contribution in [3.8, 4) is 5.75 Å². The van der Waals surface area contributed by atoms with Gasteiger partial charge in [0.05, 0.1) is 25.6 Å². The van der Waals surface area contributed by atoms with Crippen molar-refractivity contribution in [1.82, 2.24) is 0 Å². The van der Waals surface area contributed by atoms with Crippen LogP contribution in [0.1, 0.15) is 19.3 Å². The number of benzene rings is 1. The third kappa shape index (κ3) is 3.79. The Balaban J connectivity index is 1.73. The number of hydrogen-bond acceptors (Lipinski definition) is 3. The summed E-state index contributed by atoms with van der Waals surface area (Å²) in [5.74, 6) is 0.841. The lowest BCUT2D eigenvalue weighted by Crippen LogP contribution is -2.17. The molecular weight excluding hydrogens is 216 g/mol. The molecule has 0 aliphatic carbocycles. The summed E-state index contributed by atoms with van der Waals surface area (Å²) in [6, 6.07) is 9.64. The summed E-state index contributed by atoms with van der Waals surface area (Å²) in [4.78, 5) is 0. The maximum Gasteiger partial charge on any atom is 0.119 e. The molecule has 0 spiro atoms. The van der Waals surface area contributed by atoms with Gasteiger partial charge in [-0.3, -0.25) is 0 Å². The van der Waals surface area contributed by atoms with E-state index in [9.17, 15) is 5.11 Å². The van der Waals surface area contributed by atoms with Crippen molar-refractivity contribution in [2.45, 2.75) is 25.4 Å². The highest BCUT2D eigenvalue weighted by molar-refractivity contribution is 5.20. The van der Waals surface area contributed by atoms with Crippen molar-refractivity contribution >= 4 is 0 Å². The first-order chi connectivity index (χ1) is 8.36. The fraction of sp³-hybridized carbons (Fsp3) is 0.429. The highest BCUT2D eigenvalue weighted by atomic mass is 16.5. The number of aliphatic hydroxyl groups excluding tert-OH is 1. The van der Waals surface area contributed by atoms with Gasteiger partial charge in [-0.2, -0.15) is 0 Å². The molecule has 1 atom stereocenters. The SMILES string of the molecule is OC(CCOc1ccccc1)C1=COCCC1. The van der Waals surface area contributed by atoms with E-state index in [4.69, 9.17) is 9.47 Å². The molecule has 3 nitrogen and oxygen atoms in total. The largest absolute Gasteiger partial charge is 0.501 e. The minimum atomic E-state index is -0.445. The molecule has 17 heavy (non-hydrogen) atoms. The van der Waals surface area contributed by atoms with Gasteiger partial charge in [-0.05, 0) is 30.5 Å². The van der Waals surface area contributed by atoms with E-state index in [0.717, 1.165) is 30.8 Å². The van der Waals surface area contributed by atoms with E-state index in [1.54, 1.807) is 6.26 Å². The third-order valence-corrected chi connectivity index (χ3v) is 2.79. The first-order valence-electron chi connectivity index (χ1n) is 6.03. The second-order valence-corrected chi connectivity index (χ2v) is 4.13. The molecule has 1 N–H and O–H groups in total. The molecule has 0 fully saturated rings. The highest BCUT2D eigenvalue weighted by Crippen LogP contribution is 2.18. The van der Waals surface area contributed by atoms with Crippen LogP contribution >= 0.6 is 0 Å². The Kier molecular flexibility index (Phi) is 4.45. The molecular formula is C14H18O3. The zero-order valence-electron chi connectivity index (χ0n) is 9.84. The van der Waals surface area contributed by atoms with Crippen LogP contribution in [0.5, 0.6) is 5.75 Å². The molecule has 3 heteroatoms. The molecule has 1 aliphatic rings. The van der Waals surface area contributed by atoms with E-state index in [-0.39, 0.29) is 0 Å². The Morgan fingerprint density at radius 3 is 2.82 bits per heavy atom. The van der Waals surface area contributed by atoms with Gasteiger partial charge in [0.2, 0.25) is 0 Å². The predicted octanol–water partition coefficient (Wildman–Crippen LogP) is 2.51. The van der Waals surface area contributed by atoms with Gasteiger partial charge in [-0.25, -0.2) is 0 Å². The lowest BCUT2D eigenvalue weighted by atomic mass is 10.0. The van der Waals surface area contributed by atoms with Gasteiger partial charge in [0, 0.05) is 6.42 Å². The van der Waals surface area contributed by atoms with Crippen LogP contribution < -0.4 is 4.74 Å². The number of rotatable bonds is 5. The average Bonchev–Trinajstić information content (AvgIpc) is 2.41. The van der Waals surface area contributed by atoms with Gasteiger partial charge < -0.3 is 14.6 Å². The molecule has 0 bridgehead atoms. The minimum Gasteiger partial charge on any atom is -0.501 e. The van der Waals surface area contributed by atoms with Crippen LogP contribution in [-0.4, -0.2) is 24.4 Å². The third-order valence-electron chi connectivity index (χ3n) is 2.79. The molecule has 1 heterocycles. The number of hydrogen-bond donors (Lipinski definition) is 1. The fourth-order valence-electron chi connectivity index (χ4n) is 1.82. The Morgan fingerprint density at radius 2 is 2.12 bits per heavy atom. The summed E-state index contributed by atoms with van der Waals surface area (Å²) in [5, 5.41) is 9.92. The number of para-hydroxylation sites is 1. The standard InChI is InChI=1S/C14H18O3/c15-14(12-5-4-9-16-11-12)8-10-17-13-6-2-1-3-7-13/h1-3,6-7,11,14-15H,4-5,8-10H2. The second kappa shape index (κ2) is 6.30. The van der Waals surface area contributed by atoms with E-state index in [2.05, 4.69) is 0 Å². The fourth-order valence-corrected chi connectivity index (χ4v) is 1.82. The molecule has 1 aliphatic heterocycles. The zero-order chi connectivity index (χ0) is 11.9. The molecule has 0 saturated carbocycles. The maximum absolute atomic E-state index is 9.92. The Hall–Kier alpha value is -1.48. The molecule has 0 amide bonds. The van der Waals surface area contributed by atoms with E-state index in [0.29, 0.717) is 13.0 Å².